The highest BCUT2D eigenvalue weighted by Crippen LogP contribution is 2.45. The first kappa shape index (κ1) is 32.7. The van der Waals surface area contributed by atoms with E-state index in [1.165, 1.54) is 38.6 Å². The summed E-state index contributed by atoms with van der Waals surface area (Å²) in [4.78, 5) is 2.36. The van der Waals surface area contributed by atoms with E-state index >= 15 is 0 Å². The maximum Gasteiger partial charge on any atom is 0.137 e. The van der Waals surface area contributed by atoms with Crippen molar-refractivity contribution in [3.05, 3.63) is 194 Å². The summed E-state index contributed by atoms with van der Waals surface area (Å²) in [5, 5.41) is 6.99. The summed E-state index contributed by atoms with van der Waals surface area (Å²) >= 11 is 0. The van der Waals surface area contributed by atoms with Gasteiger partial charge in [-0.15, -0.1) is 0 Å². The zero-order valence-corrected chi connectivity index (χ0v) is 31.6. The van der Waals surface area contributed by atoms with Crippen LogP contribution in [0, 0.1) is 0 Å². The van der Waals surface area contributed by atoms with Gasteiger partial charge in [0.2, 0.25) is 0 Å². The Kier molecular flexibility index (Phi) is 7.32. The second-order valence-electron chi connectivity index (χ2n) is 15.1. The molecule has 8 aromatic carbocycles. The highest BCUT2D eigenvalue weighted by atomic mass is 16.3. The van der Waals surface area contributed by atoms with E-state index in [1.54, 1.807) is 0 Å². The van der Waals surface area contributed by atoms with Crippen molar-refractivity contribution in [1.82, 2.24) is 4.57 Å². The third kappa shape index (κ3) is 5.08. The van der Waals surface area contributed by atoms with Crippen molar-refractivity contribution in [3.8, 4) is 22.3 Å². The number of benzene rings is 8. The predicted octanol–water partition coefficient (Wildman–Crippen LogP) is 15.6. The number of hydrogen-bond acceptors (Lipinski definition) is 3. The van der Waals surface area contributed by atoms with Crippen molar-refractivity contribution in [1.29, 1.82) is 0 Å². The van der Waals surface area contributed by atoms with Crippen LogP contribution in [0.3, 0.4) is 0 Å². The molecule has 0 radical (unpaired) electrons. The molecule has 58 heavy (non-hydrogen) atoms. The zero-order valence-electron chi connectivity index (χ0n) is 31.6. The molecular formula is C54H36N2O2. The first-order chi connectivity index (χ1) is 28.8. The fourth-order valence-corrected chi connectivity index (χ4v) is 9.17. The lowest BCUT2D eigenvalue weighted by Crippen LogP contribution is -2.10. The molecule has 0 spiro atoms. The molecule has 0 fully saturated rings. The summed E-state index contributed by atoms with van der Waals surface area (Å²) in [7, 11) is 0. The third-order valence-corrected chi connectivity index (χ3v) is 11.8. The van der Waals surface area contributed by atoms with E-state index in [4.69, 9.17) is 8.83 Å². The van der Waals surface area contributed by atoms with Gasteiger partial charge in [-0.1, -0.05) is 121 Å². The van der Waals surface area contributed by atoms with Crippen LogP contribution in [0.5, 0.6) is 0 Å². The largest absolute Gasteiger partial charge is 0.456 e. The van der Waals surface area contributed by atoms with Gasteiger partial charge in [0.25, 0.3) is 0 Å². The van der Waals surface area contributed by atoms with E-state index in [2.05, 4.69) is 179 Å². The van der Waals surface area contributed by atoms with Crippen molar-refractivity contribution in [2.75, 3.05) is 4.90 Å². The molecule has 12 rings (SSSR count). The Morgan fingerprint density at radius 3 is 1.74 bits per heavy atom. The molecule has 11 aromatic rings. The van der Waals surface area contributed by atoms with E-state index in [0.29, 0.717) is 0 Å². The number of furan rings is 2. The van der Waals surface area contributed by atoms with Gasteiger partial charge in [-0.25, -0.2) is 0 Å². The van der Waals surface area contributed by atoms with Crippen LogP contribution >= 0.6 is 0 Å². The van der Waals surface area contributed by atoms with Crippen molar-refractivity contribution < 1.29 is 8.83 Å². The topological polar surface area (TPSA) is 34.5 Å². The van der Waals surface area contributed by atoms with Crippen LogP contribution in [0.1, 0.15) is 12.8 Å². The van der Waals surface area contributed by atoms with Crippen molar-refractivity contribution in [2.45, 2.75) is 12.8 Å². The normalized spacial score (nSPS) is 13.1. The van der Waals surface area contributed by atoms with Gasteiger partial charge in [-0.2, -0.15) is 0 Å². The van der Waals surface area contributed by atoms with E-state index in [0.717, 1.165) is 84.9 Å². The summed E-state index contributed by atoms with van der Waals surface area (Å²) in [6.45, 7) is 0. The Bertz CT molecular complexity index is 3450. The smallest absolute Gasteiger partial charge is 0.137 e. The summed E-state index contributed by atoms with van der Waals surface area (Å²) in [5.41, 5.74) is 15.0. The monoisotopic (exact) mass is 744 g/mol. The van der Waals surface area contributed by atoms with Crippen LogP contribution in [-0.2, 0) is 0 Å². The van der Waals surface area contributed by atoms with Crippen LogP contribution in [-0.4, -0.2) is 4.57 Å². The standard InChI is InChI=1S/C54H36N2O2/c1-2-12-38(13-3-1)56-46-18-7-4-14-42(46)43-33-28-37(34-48(43)56)35-24-29-39(30-25-35)55(47-19-11-23-52-54(47)45-16-6-9-21-50(45)58-52)40-31-26-36(27-32-40)41-17-10-22-51-53(41)44-15-5-8-20-49(44)57-51/h2,4-34H,1,3H2. The summed E-state index contributed by atoms with van der Waals surface area (Å²) < 4.78 is 15.1. The van der Waals surface area contributed by atoms with Gasteiger partial charge in [-0.3, -0.25) is 0 Å². The molecular weight excluding hydrogens is 709 g/mol. The van der Waals surface area contributed by atoms with Crippen LogP contribution in [0.25, 0.3) is 93.6 Å². The molecule has 4 nitrogen and oxygen atoms in total. The van der Waals surface area contributed by atoms with Gasteiger partial charge in [0.05, 0.1) is 22.1 Å². The Hall–Kier alpha value is -7.56. The molecule has 4 heteroatoms. The number of fused-ring (bicyclic) bond motifs is 9. The van der Waals surface area contributed by atoms with E-state index < -0.39 is 0 Å². The number of para-hydroxylation sites is 3. The minimum atomic E-state index is 0.863. The maximum absolute atomic E-state index is 6.40. The van der Waals surface area contributed by atoms with Gasteiger partial charge in [0.15, 0.2) is 0 Å². The SMILES string of the molecule is C1=CC(n2c3ccccc3c3ccc(-c4ccc(N(c5ccc(-c6cccc7oc8ccccc8c67)cc5)c5cccc6oc7ccccc7c56)cc4)cc32)=CCC1. The van der Waals surface area contributed by atoms with Crippen LogP contribution < -0.4 is 4.90 Å². The van der Waals surface area contributed by atoms with Gasteiger partial charge < -0.3 is 18.3 Å². The molecule has 1 aliphatic rings. The Labute approximate surface area is 334 Å². The number of nitrogens with zero attached hydrogens (tertiary/aromatic N) is 2. The lowest BCUT2D eigenvalue weighted by Gasteiger charge is -2.26. The summed E-state index contributed by atoms with van der Waals surface area (Å²) in [5.74, 6) is 0. The highest BCUT2D eigenvalue weighted by Gasteiger charge is 2.21. The third-order valence-electron chi connectivity index (χ3n) is 11.8. The molecule has 3 heterocycles. The lowest BCUT2D eigenvalue weighted by molar-refractivity contribution is 0.668. The van der Waals surface area contributed by atoms with Crippen molar-refractivity contribution >= 4 is 88.4 Å². The Balaban J connectivity index is 0.993. The fourth-order valence-electron chi connectivity index (χ4n) is 9.17. The van der Waals surface area contributed by atoms with Gasteiger partial charge in [-0.05, 0) is 108 Å². The Morgan fingerprint density at radius 1 is 0.431 bits per heavy atom. The fraction of sp³-hybridized carbons (Fsp3) is 0.0370. The molecule has 0 unspecified atom stereocenters. The second-order valence-corrected chi connectivity index (χ2v) is 15.1. The molecule has 0 aliphatic heterocycles. The number of aromatic nitrogens is 1. The zero-order chi connectivity index (χ0) is 38.2. The molecule has 1 aliphatic carbocycles. The first-order valence-electron chi connectivity index (χ1n) is 20.0. The molecule has 0 saturated heterocycles. The van der Waals surface area contributed by atoms with Gasteiger partial charge in [0, 0.05) is 44.0 Å². The molecule has 3 aromatic heterocycles. The van der Waals surface area contributed by atoms with Crippen LogP contribution in [0.15, 0.2) is 203 Å². The van der Waals surface area contributed by atoms with Crippen LogP contribution in [0.2, 0.25) is 0 Å². The molecule has 0 saturated carbocycles. The highest BCUT2D eigenvalue weighted by molar-refractivity contribution is 6.15. The molecule has 0 N–H and O–H groups in total. The lowest BCUT2D eigenvalue weighted by atomic mass is 9.98. The second kappa shape index (κ2) is 13.0. The first-order valence-corrected chi connectivity index (χ1v) is 20.0. The van der Waals surface area contributed by atoms with Gasteiger partial charge in [0.1, 0.15) is 22.3 Å². The molecule has 0 atom stereocenters. The quantitative estimate of drug-likeness (QED) is 0.170. The predicted molar refractivity (Wildman–Crippen MR) is 242 cm³/mol. The molecule has 274 valence electrons. The average Bonchev–Trinajstić information content (AvgIpc) is 3.97. The van der Waals surface area contributed by atoms with Crippen LogP contribution in [0.4, 0.5) is 17.1 Å². The van der Waals surface area contributed by atoms with E-state index in [1.807, 2.05) is 24.3 Å². The Morgan fingerprint density at radius 2 is 1.02 bits per heavy atom. The number of anilines is 3. The number of hydrogen-bond donors (Lipinski definition) is 0. The average molecular weight is 745 g/mol. The number of allylic oxidation sites excluding steroid dienone is 4. The number of rotatable bonds is 6. The summed E-state index contributed by atoms with van der Waals surface area (Å²) in [6, 6.07) is 62.8. The minimum Gasteiger partial charge on any atom is -0.456 e. The maximum atomic E-state index is 6.40. The van der Waals surface area contributed by atoms with Crippen molar-refractivity contribution in [2.24, 2.45) is 0 Å². The van der Waals surface area contributed by atoms with E-state index in [9.17, 15) is 0 Å². The van der Waals surface area contributed by atoms with Crippen molar-refractivity contribution in [3.63, 3.8) is 0 Å². The van der Waals surface area contributed by atoms with Gasteiger partial charge >= 0.3 is 0 Å². The van der Waals surface area contributed by atoms with E-state index in [-0.39, 0.29) is 0 Å². The summed E-state index contributed by atoms with van der Waals surface area (Å²) in [6.07, 6.45) is 9.05. The minimum absolute atomic E-state index is 0.863. The molecule has 0 bridgehead atoms. The molecule has 0 amide bonds.